The van der Waals surface area contributed by atoms with Gasteiger partial charge in [-0.05, 0) is 18.1 Å². The van der Waals surface area contributed by atoms with Crippen LogP contribution >= 0.6 is 11.6 Å². The monoisotopic (exact) mass is 307 g/mol. The van der Waals surface area contributed by atoms with Gasteiger partial charge in [0.2, 0.25) is 5.95 Å². The van der Waals surface area contributed by atoms with Crippen molar-refractivity contribution in [2.24, 2.45) is 5.92 Å². The molecule has 2 aromatic rings. The number of halogens is 1. The minimum absolute atomic E-state index is 0.543. The molecule has 2 heterocycles. The van der Waals surface area contributed by atoms with Crippen LogP contribution in [0.3, 0.4) is 0 Å². The van der Waals surface area contributed by atoms with E-state index in [1.54, 1.807) is 0 Å². The second kappa shape index (κ2) is 5.73. The Morgan fingerprint density at radius 1 is 1.33 bits per heavy atom. The van der Waals surface area contributed by atoms with E-state index in [0.717, 1.165) is 49.7 Å². The Bertz CT molecular complexity index is 643. The van der Waals surface area contributed by atoms with Crippen molar-refractivity contribution in [3.8, 4) is 0 Å². The van der Waals surface area contributed by atoms with Gasteiger partial charge >= 0.3 is 0 Å². The molecule has 1 aromatic carbocycles. The predicted octanol–water partition coefficient (Wildman–Crippen LogP) is 2.34. The Kier molecular flexibility index (Phi) is 3.95. The number of nitrogens with one attached hydrogen (secondary N) is 1. The molecular formula is C15H22ClN5. The maximum Gasteiger partial charge on any atom is 0.206 e. The molecule has 114 valence electrons. The Labute approximate surface area is 130 Å². The van der Waals surface area contributed by atoms with Gasteiger partial charge in [0.05, 0.1) is 21.7 Å². The summed E-state index contributed by atoms with van der Waals surface area (Å²) in [5.74, 6) is 1.57. The van der Waals surface area contributed by atoms with Gasteiger partial charge in [-0.15, -0.1) is 0 Å². The number of nitrogen functional groups attached to an aromatic ring is 1. The lowest BCUT2D eigenvalue weighted by Crippen LogP contribution is -2.44. The van der Waals surface area contributed by atoms with Gasteiger partial charge < -0.3 is 20.5 Å². The number of piperazine rings is 1. The highest BCUT2D eigenvalue weighted by molar-refractivity contribution is 6.33. The fraction of sp³-hybridized carbons (Fsp3) is 0.533. The summed E-state index contributed by atoms with van der Waals surface area (Å²) in [5.41, 5.74) is 8.58. The second-order valence-electron chi connectivity index (χ2n) is 6.02. The molecule has 3 rings (SSSR count). The zero-order valence-electron chi connectivity index (χ0n) is 12.6. The molecule has 1 aromatic heterocycles. The number of anilines is 2. The first-order valence-corrected chi connectivity index (χ1v) is 7.85. The van der Waals surface area contributed by atoms with E-state index >= 15 is 0 Å². The third kappa shape index (κ3) is 2.80. The van der Waals surface area contributed by atoms with Gasteiger partial charge in [0.15, 0.2) is 0 Å². The van der Waals surface area contributed by atoms with Crippen molar-refractivity contribution in [3.05, 3.63) is 17.2 Å². The third-order valence-electron chi connectivity index (χ3n) is 3.79. The van der Waals surface area contributed by atoms with Crippen LogP contribution in [0.15, 0.2) is 12.1 Å². The van der Waals surface area contributed by atoms with E-state index in [2.05, 4.69) is 28.6 Å². The average Bonchev–Trinajstić information content (AvgIpc) is 2.78. The van der Waals surface area contributed by atoms with Gasteiger partial charge in [-0.2, -0.15) is 0 Å². The van der Waals surface area contributed by atoms with Crippen LogP contribution < -0.4 is 16.0 Å². The number of hydrogen-bond donors (Lipinski definition) is 2. The normalized spacial score (nSPS) is 16.1. The lowest BCUT2D eigenvalue weighted by atomic mass is 10.2. The summed E-state index contributed by atoms with van der Waals surface area (Å²) in [6.07, 6.45) is 0. The van der Waals surface area contributed by atoms with Crippen molar-refractivity contribution < 1.29 is 0 Å². The summed E-state index contributed by atoms with van der Waals surface area (Å²) in [7, 11) is 0. The number of hydrogen-bond acceptors (Lipinski definition) is 4. The van der Waals surface area contributed by atoms with Crippen LogP contribution in [0.25, 0.3) is 11.0 Å². The zero-order valence-corrected chi connectivity index (χ0v) is 13.3. The summed E-state index contributed by atoms with van der Waals surface area (Å²) in [4.78, 5) is 7.15. The van der Waals surface area contributed by atoms with Gasteiger partial charge in [-0.1, -0.05) is 25.4 Å². The van der Waals surface area contributed by atoms with E-state index in [1.165, 1.54) is 0 Å². The summed E-state index contributed by atoms with van der Waals surface area (Å²) >= 11 is 6.14. The van der Waals surface area contributed by atoms with Crippen LogP contribution in [0.1, 0.15) is 13.8 Å². The van der Waals surface area contributed by atoms with Gasteiger partial charge in [-0.3, -0.25) is 0 Å². The van der Waals surface area contributed by atoms with Gasteiger partial charge in [-0.25, -0.2) is 4.98 Å². The fourth-order valence-electron chi connectivity index (χ4n) is 2.80. The molecule has 5 nitrogen and oxygen atoms in total. The minimum atomic E-state index is 0.543. The molecule has 0 bridgehead atoms. The van der Waals surface area contributed by atoms with E-state index in [1.807, 2.05) is 12.1 Å². The number of benzene rings is 1. The first-order chi connectivity index (χ1) is 10.1. The summed E-state index contributed by atoms with van der Waals surface area (Å²) < 4.78 is 2.28. The summed E-state index contributed by atoms with van der Waals surface area (Å²) in [6.45, 7) is 9.30. The molecule has 1 saturated heterocycles. The van der Waals surface area contributed by atoms with Crippen LogP contribution in [0.2, 0.25) is 5.02 Å². The van der Waals surface area contributed by atoms with Crippen molar-refractivity contribution in [3.63, 3.8) is 0 Å². The number of rotatable bonds is 3. The Hall–Kier alpha value is -1.46. The number of nitrogens with zero attached hydrogens (tertiary/aromatic N) is 3. The van der Waals surface area contributed by atoms with Crippen molar-refractivity contribution in [2.45, 2.75) is 20.4 Å². The van der Waals surface area contributed by atoms with E-state index in [0.29, 0.717) is 16.6 Å². The molecule has 0 atom stereocenters. The van der Waals surface area contributed by atoms with Crippen molar-refractivity contribution in [1.82, 2.24) is 14.9 Å². The maximum atomic E-state index is 6.14. The molecule has 0 radical (unpaired) electrons. The maximum absolute atomic E-state index is 6.14. The Balaban J connectivity index is 2.12. The fourth-order valence-corrected chi connectivity index (χ4v) is 2.96. The molecule has 1 fully saturated rings. The lowest BCUT2D eigenvalue weighted by molar-refractivity contribution is 0.514. The molecule has 1 aliphatic rings. The molecule has 3 N–H and O–H groups in total. The molecule has 21 heavy (non-hydrogen) atoms. The molecule has 0 aliphatic carbocycles. The third-order valence-corrected chi connectivity index (χ3v) is 4.12. The molecule has 6 heteroatoms. The second-order valence-corrected chi connectivity index (χ2v) is 6.42. The topological polar surface area (TPSA) is 59.1 Å². The number of aromatic nitrogens is 2. The van der Waals surface area contributed by atoms with Crippen molar-refractivity contribution >= 4 is 34.3 Å². The zero-order chi connectivity index (χ0) is 15.0. The van der Waals surface area contributed by atoms with E-state index in [4.69, 9.17) is 22.3 Å². The highest BCUT2D eigenvalue weighted by atomic mass is 35.5. The summed E-state index contributed by atoms with van der Waals surface area (Å²) in [5, 5.41) is 3.95. The van der Waals surface area contributed by atoms with Crippen LogP contribution in [-0.4, -0.2) is 35.7 Å². The standard InChI is InChI=1S/C15H22ClN5/c1-10(2)9-21-14-8-12(17)11(16)7-13(14)19-15(21)20-5-3-18-4-6-20/h7-8,10,18H,3-6,9,17H2,1-2H3. The van der Waals surface area contributed by atoms with E-state index in [9.17, 15) is 0 Å². The largest absolute Gasteiger partial charge is 0.397 e. The van der Waals surface area contributed by atoms with Crippen molar-refractivity contribution in [1.29, 1.82) is 0 Å². The van der Waals surface area contributed by atoms with E-state index < -0.39 is 0 Å². The minimum Gasteiger partial charge on any atom is -0.397 e. The number of imidazole rings is 1. The van der Waals surface area contributed by atoms with Gasteiger partial charge in [0.25, 0.3) is 0 Å². The lowest BCUT2D eigenvalue weighted by Gasteiger charge is -2.29. The Morgan fingerprint density at radius 3 is 2.71 bits per heavy atom. The molecule has 0 amide bonds. The van der Waals surface area contributed by atoms with Crippen LogP contribution in [0, 0.1) is 5.92 Å². The number of nitrogens with two attached hydrogens (primary N) is 1. The molecule has 0 unspecified atom stereocenters. The van der Waals surface area contributed by atoms with Gasteiger partial charge in [0, 0.05) is 32.7 Å². The predicted molar refractivity (Wildman–Crippen MR) is 89.1 cm³/mol. The quantitative estimate of drug-likeness (QED) is 0.855. The Morgan fingerprint density at radius 2 is 2.05 bits per heavy atom. The summed E-state index contributed by atoms with van der Waals surface area (Å²) in [6, 6.07) is 3.81. The molecule has 1 aliphatic heterocycles. The number of fused-ring (bicyclic) bond motifs is 1. The van der Waals surface area contributed by atoms with Crippen LogP contribution in [0.5, 0.6) is 0 Å². The highest BCUT2D eigenvalue weighted by Crippen LogP contribution is 2.30. The van der Waals surface area contributed by atoms with Crippen LogP contribution in [-0.2, 0) is 6.54 Å². The molecule has 0 spiro atoms. The van der Waals surface area contributed by atoms with Crippen LogP contribution in [0.4, 0.5) is 11.6 Å². The molecule has 0 saturated carbocycles. The smallest absolute Gasteiger partial charge is 0.206 e. The highest BCUT2D eigenvalue weighted by Gasteiger charge is 2.20. The first kappa shape index (κ1) is 14.5. The molecular weight excluding hydrogens is 286 g/mol. The van der Waals surface area contributed by atoms with Crippen molar-refractivity contribution in [2.75, 3.05) is 36.8 Å². The average molecular weight is 308 g/mol. The SMILES string of the molecule is CC(C)Cn1c(N2CCNCC2)nc2cc(Cl)c(N)cc21. The first-order valence-electron chi connectivity index (χ1n) is 7.47. The van der Waals surface area contributed by atoms with Gasteiger partial charge in [0.1, 0.15) is 0 Å². The van der Waals surface area contributed by atoms with E-state index in [-0.39, 0.29) is 0 Å².